The van der Waals surface area contributed by atoms with Gasteiger partial charge in [-0.3, -0.25) is 14.8 Å². The molecular weight excluding hydrogens is 270 g/mol. The minimum Gasteiger partial charge on any atom is -0.381 e. The molecule has 2 aliphatic heterocycles. The summed E-state index contributed by atoms with van der Waals surface area (Å²) in [6, 6.07) is 0.182. The van der Waals surface area contributed by atoms with Crippen LogP contribution in [0.1, 0.15) is 31.4 Å². The van der Waals surface area contributed by atoms with Crippen LogP contribution in [0.5, 0.6) is 0 Å². The van der Waals surface area contributed by atoms with E-state index in [1.54, 1.807) is 18.6 Å². The Bertz CT molecular complexity index is 469. The Morgan fingerprint density at radius 2 is 2.19 bits per heavy atom. The quantitative estimate of drug-likeness (QED) is 0.894. The molecule has 2 aliphatic rings. The number of carbonyl (C=O) groups excluding carboxylic acids is 1. The number of hydrogen-bond acceptors (Lipinski definition) is 5. The topological polar surface area (TPSA) is 73.3 Å². The van der Waals surface area contributed by atoms with Crippen molar-refractivity contribution in [3.63, 3.8) is 0 Å². The van der Waals surface area contributed by atoms with E-state index >= 15 is 0 Å². The first-order chi connectivity index (χ1) is 10.3. The van der Waals surface area contributed by atoms with E-state index < -0.39 is 0 Å². The number of amides is 1. The van der Waals surface area contributed by atoms with Gasteiger partial charge in [-0.2, -0.15) is 0 Å². The van der Waals surface area contributed by atoms with Crippen LogP contribution in [-0.2, 0) is 20.7 Å². The van der Waals surface area contributed by atoms with Gasteiger partial charge in [0.25, 0.3) is 0 Å². The Hall–Kier alpha value is -1.53. The van der Waals surface area contributed by atoms with Crippen molar-refractivity contribution in [2.24, 2.45) is 0 Å². The molecule has 1 amide bonds. The summed E-state index contributed by atoms with van der Waals surface area (Å²) >= 11 is 0. The number of ether oxygens (including phenoxy) is 2. The summed E-state index contributed by atoms with van der Waals surface area (Å²) in [5.41, 5.74) is 0.601. The summed E-state index contributed by atoms with van der Waals surface area (Å²) < 4.78 is 11.4. The Kier molecular flexibility index (Phi) is 4.45. The maximum Gasteiger partial charge on any atom is 0.226 e. The number of aromatic nitrogens is 2. The monoisotopic (exact) mass is 291 g/mol. The highest BCUT2D eigenvalue weighted by atomic mass is 16.5. The largest absolute Gasteiger partial charge is 0.381 e. The molecule has 1 aromatic heterocycles. The number of nitrogens with zero attached hydrogens (tertiary/aromatic N) is 2. The van der Waals surface area contributed by atoms with Crippen LogP contribution >= 0.6 is 0 Å². The Morgan fingerprint density at radius 3 is 2.95 bits per heavy atom. The third kappa shape index (κ3) is 3.77. The second-order valence-electron chi connectivity index (χ2n) is 5.77. The zero-order chi connectivity index (χ0) is 14.5. The van der Waals surface area contributed by atoms with Crippen LogP contribution in [0, 0.1) is 0 Å². The van der Waals surface area contributed by atoms with Gasteiger partial charge < -0.3 is 14.8 Å². The lowest BCUT2D eigenvalue weighted by molar-refractivity contribution is -0.143. The Balaban J connectivity index is 1.53. The molecule has 1 atom stereocenters. The van der Waals surface area contributed by atoms with Crippen molar-refractivity contribution in [2.75, 3.05) is 19.8 Å². The van der Waals surface area contributed by atoms with Gasteiger partial charge in [0.15, 0.2) is 0 Å². The van der Waals surface area contributed by atoms with Gasteiger partial charge in [-0.05, 0) is 25.7 Å². The molecule has 1 spiro atoms. The zero-order valence-electron chi connectivity index (χ0n) is 12.1. The van der Waals surface area contributed by atoms with Crippen molar-refractivity contribution in [1.82, 2.24) is 15.3 Å². The maximum absolute atomic E-state index is 12.1. The number of hydrogen-bond donors (Lipinski definition) is 1. The van der Waals surface area contributed by atoms with Gasteiger partial charge in [0.2, 0.25) is 5.91 Å². The van der Waals surface area contributed by atoms with Crippen LogP contribution < -0.4 is 5.32 Å². The van der Waals surface area contributed by atoms with E-state index in [4.69, 9.17) is 9.47 Å². The van der Waals surface area contributed by atoms with E-state index in [0.29, 0.717) is 12.3 Å². The van der Waals surface area contributed by atoms with Crippen molar-refractivity contribution in [1.29, 1.82) is 0 Å². The molecule has 3 heterocycles. The van der Waals surface area contributed by atoms with Crippen molar-refractivity contribution in [3.05, 3.63) is 24.3 Å². The molecule has 0 bridgehead atoms. The lowest BCUT2D eigenvalue weighted by Gasteiger charge is -2.43. The van der Waals surface area contributed by atoms with Crippen molar-refractivity contribution >= 4 is 5.91 Å². The van der Waals surface area contributed by atoms with E-state index in [9.17, 15) is 4.79 Å². The van der Waals surface area contributed by atoms with Crippen LogP contribution in [-0.4, -0.2) is 47.3 Å². The van der Waals surface area contributed by atoms with Crippen molar-refractivity contribution in [3.8, 4) is 0 Å². The van der Waals surface area contributed by atoms with E-state index in [-0.39, 0.29) is 24.0 Å². The fraction of sp³-hybridized carbons (Fsp3) is 0.667. The van der Waals surface area contributed by atoms with E-state index in [0.717, 1.165) is 38.9 Å². The predicted molar refractivity (Wildman–Crippen MR) is 75.6 cm³/mol. The summed E-state index contributed by atoms with van der Waals surface area (Å²) in [5.74, 6) is 0.00427. The number of nitrogens with one attached hydrogen (secondary N) is 1. The average Bonchev–Trinajstić information content (AvgIpc) is 2.49. The molecule has 3 rings (SSSR count). The van der Waals surface area contributed by atoms with Gasteiger partial charge in [0.05, 0.1) is 17.7 Å². The van der Waals surface area contributed by atoms with Crippen LogP contribution in [0.2, 0.25) is 0 Å². The van der Waals surface area contributed by atoms with Gasteiger partial charge in [-0.15, -0.1) is 0 Å². The van der Waals surface area contributed by atoms with Crippen LogP contribution in [0.15, 0.2) is 18.6 Å². The molecule has 2 saturated heterocycles. The SMILES string of the molecule is O=C(Cc1cnccn1)N[C@@H]1CCOC2(CCOCC2)C1. The molecule has 2 fully saturated rings. The van der Waals surface area contributed by atoms with Crippen LogP contribution in [0.25, 0.3) is 0 Å². The Labute approximate surface area is 124 Å². The van der Waals surface area contributed by atoms with Gasteiger partial charge in [0.1, 0.15) is 0 Å². The van der Waals surface area contributed by atoms with Gasteiger partial charge >= 0.3 is 0 Å². The lowest BCUT2D eigenvalue weighted by atomic mass is 9.84. The fourth-order valence-corrected chi connectivity index (χ4v) is 3.11. The summed E-state index contributed by atoms with van der Waals surface area (Å²) in [4.78, 5) is 20.2. The second kappa shape index (κ2) is 6.49. The normalized spacial score (nSPS) is 24.7. The first kappa shape index (κ1) is 14.4. The predicted octanol–water partition coefficient (Wildman–Crippen LogP) is 0.863. The smallest absolute Gasteiger partial charge is 0.226 e. The van der Waals surface area contributed by atoms with Crippen LogP contribution in [0.3, 0.4) is 0 Å². The lowest BCUT2D eigenvalue weighted by Crippen LogP contribution is -2.51. The van der Waals surface area contributed by atoms with Crippen molar-refractivity contribution in [2.45, 2.75) is 43.7 Å². The van der Waals surface area contributed by atoms with E-state index in [2.05, 4.69) is 15.3 Å². The highest BCUT2D eigenvalue weighted by Gasteiger charge is 2.39. The molecule has 1 N–H and O–H groups in total. The fourth-order valence-electron chi connectivity index (χ4n) is 3.11. The van der Waals surface area contributed by atoms with Crippen molar-refractivity contribution < 1.29 is 14.3 Å². The maximum atomic E-state index is 12.1. The minimum atomic E-state index is -0.0962. The first-order valence-corrected chi connectivity index (χ1v) is 7.52. The van der Waals surface area contributed by atoms with Gasteiger partial charge in [0, 0.05) is 44.5 Å². The van der Waals surface area contributed by atoms with Gasteiger partial charge in [-0.25, -0.2) is 0 Å². The van der Waals surface area contributed by atoms with E-state index in [1.165, 1.54) is 0 Å². The average molecular weight is 291 g/mol. The first-order valence-electron chi connectivity index (χ1n) is 7.52. The third-order valence-corrected chi connectivity index (χ3v) is 4.22. The summed E-state index contributed by atoms with van der Waals surface area (Å²) in [5, 5.41) is 3.11. The third-order valence-electron chi connectivity index (χ3n) is 4.22. The molecule has 0 aliphatic carbocycles. The second-order valence-corrected chi connectivity index (χ2v) is 5.77. The molecule has 6 heteroatoms. The molecule has 0 aromatic carbocycles. The molecule has 0 radical (unpaired) electrons. The number of rotatable bonds is 3. The highest BCUT2D eigenvalue weighted by Crippen LogP contribution is 2.34. The molecule has 6 nitrogen and oxygen atoms in total. The molecule has 0 saturated carbocycles. The summed E-state index contributed by atoms with van der Waals surface area (Å²) in [6.07, 6.45) is 8.71. The summed E-state index contributed by atoms with van der Waals surface area (Å²) in [6.45, 7) is 2.20. The molecule has 114 valence electrons. The van der Waals surface area contributed by atoms with Crippen LogP contribution in [0.4, 0.5) is 0 Å². The van der Waals surface area contributed by atoms with E-state index in [1.807, 2.05) is 0 Å². The minimum absolute atomic E-state index is 0.00427. The van der Waals surface area contributed by atoms with Gasteiger partial charge in [-0.1, -0.05) is 0 Å². The molecular formula is C15H21N3O3. The summed E-state index contributed by atoms with van der Waals surface area (Å²) in [7, 11) is 0. The standard InChI is InChI=1S/C15H21N3O3/c19-14(9-13-11-16-4-5-17-13)18-12-1-6-21-15(10-12)2-7-20-8-3-15/h4-5,11-12H,1-3,6-10H2,(H,18,19)/t12-/m1/s1. The number of carbonyl (C=O) groups is 1. The highest BCUT2D eigenvalue weighted by molar-refractivity contribution is 5.78. The molecule has 1 aromatic rings. The zero-order valence-corrected chi connectivity index (χ0v) is 12.1. The Morgan fingerprint density at radius 1 is 1.33 bits per heavy atom. The molecule has 21 heavy (non-hydrogen) atoms. The molecule has 0 unspecified atom stereocenters.